The van der Waals surface area contributed by atoms with E-state index in [-0.39, 0.29) is 17.5 Å². The smallest absolute Gasteiger partial charge is 0.250 e. The Morgan fingerprint density at radius 2 is 2.40 bits per heavy atom. The van der Waals surface area contributed by atoms with Gasteiger partial charge in [-0.1, -0.05) is 11.6 Å². The molecule has 0 bridgehead atoms. The largest absolute Gasteiger partial charge is 0.467 e. The van der Waals surface area contributed by atoms with Crippen molar-refractivity contribution in [1.29, 1.82) is 0 Å². The molecular weight excluding hydrogens is 221 g/mol. The van der Waals surface area contributed by atoms with E-state index in [4.69, 9.17) is 20.8 Å². The molecule has 0 unspecified atom stereocenters. The monoisotopic (exact) mass is 227 g/mol. The minimum atomic E-state index is -0.589. The second-order valence-corrected chi connectivity index (χ2v) is 3.24. The summed E-state index contributed by atoms with van der Waals surface area (Å²) < 4.78 is 23.3. The van der Waals surface area contributed by atoms with Crippen molar-refractivity contribution in [2.24, 2.45) is 0 Å². The van der Waals surface area contributed by atoms with Crippen molar-refractivity contribution in [3.05, 3.63) is 47.3 Å². The van der Waals surface area contributed by atoms with Gasteiger partial charge in [-0.2, -0.15) is 0 Å². The first-order chi connectivity index (χ1) is 7.25. The maximum atomic E-state index is 13.2. The van der Waals surface area contributed by atoms with Gasteiger partial charge in [-0.3, -0.25) is 0 Å². The Morgan fingerprint density at radius 3 is 3.07 bits per heavy atom. The van der Waals surface area contributed by atoms with Crippen LogP contribution in [0.1, 0.15) is 5.76 Å². The van der Waals surface area contributed by atoms with Gasteiger partial charge in [-0.15, -0.1) is 0 Å². The lowest BCUT2D eigenvalue weighted by Crippen LogP contribution is -1.98. The molecule has 0 atom stereocenters. The topological polar surface area (TPSA) is 35.3 Å². The lowest BCUT2D eigenvalue weighted by atomic mass is 10.4. The van der Waals surface area contributed by atoms with E-state index in [0.29, 0.717) is 5.76 Å². The predicted molar refractivity (Wildman–Crippen MR) is 52.2 cm³/mol. The van der Waals surface area contributed by atoms with Crippen molar-refractivity contribution in [2.75, 3.05) is 0 Å². The summed E-state index contributed by atoms with van der Waals surface area (Å²) in [7, 11) is 0. The van der Waals surface area contributed by atoms with Gasteiger partial charge in [0.1, 0.15) is 12.4 Å². The highest BCUT2D eigenvalue weighted by Gasteiger charge is 2.06. The van der Waals surface area contributed by atoms with E-state index in [1.807, 2.05) is 0 Å². The highest BCUT2D eigenvalue weighted by atomic mass is 35.5. The highest BCUT2D eigenvalue weighted by molar-refractivity contribution is 6.30. The van der Waals surface area contributed by atoms with Gasteiger partial charge in [0.05, 0.1) is 11.3 Å². The quantitative estimate of drug-likeness (QED) is 0.809. The fourth-order valence-electron chi connectivity index (χ4n) is 1.04. The van der Waals surface area contributed by atoms with Crippen molar-refractivity contribution in [2.45, 2.75) is 6.61 Å². The first-order valence-corrected chi connectivity index (χ1v) is 4.60. The van der Waals surface area contributed by atoms with Gasteiger partial charge in [0.2, 0.25) is 0 Å². The molecule has 0 aliphatic rings. The molecule has 3 nitrogen and oxygen atoms in total. The predicted octanol–water partition coefficient (Wildman–Crippen LogP) is 3.05. The number of aromatic nitrogens is 1. The summed E-state index contributed by atoms with van der Waals surface area (Å²) in [5.74, 6) is -0.0731. The number of halogens is 2. The first kappa shape index (κ1) is 9.98. The zero-order chi connectivity index (χ0) is 10.7. The maximum absolute atomic E-state index is 13.2. The molecule has 78 valence electrons. The SMILES string of the molecule is Fc1cc(Cl)cnc1OCc1ccco1. The standard InChI is InChI=1S/C10H7ClFNO2/c11-7-4-9(12)10(13-5-7)15-6-8-2-1-3-14-8/h1-5H,6H2. The van der Waals surface area contributed by atoms with E-state index in [2.05, 4.69) is 4.98 Å². The fourth-order valence-corrected chi connectivity index (χ4v) is 1.19. The lowest BCUT2D eigenvalue weighted by Gasteiger charge is -2.03. The van der Waals surface area contributed by atoms with Gasteiger partial charge < -0.3 is 9.15 Å². The number of hydrogen-bond acceptors (Lipinski definition) is 3. The van der Waals surface area contributed by atoms with Crippen molar-refractivity contribution >= 4 is 11.6 Å². The second-order valence-electron chi connectivity index (χ2n) is 2.81. The Labute approximate surface area is 90.4 Å². The van der Waals surface area contributed by atoms with Crippen LogP contribution in [0.15, 0.2) is 35.1 Å². The van der Waals surface area contributed by atoms with E-state index in [9.17, 15) is 4.39 Å². The number of pyridine rings is 1. The van der Waals surface area contributed by atoms with Crippen LogP contribution >= 0.6 is 11.6 Å². The third-order valence-corrected chi connectivity index (χ3v) is 1.91. The van der Waals surface area contributed by atoms with E-state index in [1.54, 1.807) is 12.1 Å². The van der Waals surface area contributed by atoms with Crippen LogP contribution in [-0.2, 0) is 6.61 Å². The average molecular weight is 228 g/mol. The molecule has 0 saturated carbocycles. The van der Waals surface area contributed by atoms with Crippen molar-refractivity contribution in [3.8, 4) is 5.88 Å². The van der Waals surface area contributed by atoms with Gasteiger partial charge in [0, 0.05) is 6.20 Å². The zero-order valence-corrected chi connectivity index (χ0v) is 8.37. The van der Waals surface area contributed by atoms with Gasteiger partial charge in [-0.05, 0) is 18.2 Å². The molecule has 2 heterocycles. The Morgan fingerprint density at radius 1 is 1.53 bits per heavy atom. The molecule has 0 aliphatic carbocycles. The van der Waals surface area contributed by atoms with Gasteiger partial charge >= 0.3 is 0 Å². The summed E-state index contributed by atoms with van der Waals surface area (Å²) in [6, 6.07) is 4.60. The van der Waals surface area contributed by atoms with Crippen molar-refractivity contribution in [1.82, 2.24) is 4.98 Å². The molecule has 0 aromatic carbocycles. The third kappa shape index (κ3) is 2.47. The molecule has 15 heavy (non-hydrogen) atoms. The summed E-state index contributed by atoms with van der Waals surface area (Å²) in [6.45, 7) is 0.137. The number of ether oxygens (including phenoxy) is 1. The Kier molecular flexibility index (Phi) is 2.87. The molecule has 0 N–H and O–H groups in total. The van der Waals surface area contributed by atoms with Gasteiger partial charge in [0.25, 0.3) is 5.88 Å². The van der Waals surface area contributed by atoms with E-state index >= 15 is 0 Å². The van der Waals surface area contributed by atoms with E-state index < -0.39 is 5.82 Å². The molecule has 0 aliphatic heterocycles. The van der Waals surface area contributed by atoms with Crippen LogP contribution in [0.2, 0.25) is 5.02 Å². The maximum Gasteiger partial charge on any atom is 0.250 e. The third-order valence-electron chi connectivity index (χ3n) is 1.71. The van der Waals surface area contributed by atoms with Crippen LogP contribution in [0.3, 0.4) is 0 Å². The lowest BCUT2D eigenvalue weighted by molar-refractivity contribution is 0.248. The molecular formula is C10H7ClFNO2. The molecule has 0 fully saturated rings. The van der Waals surface area contributed by atoms with Crippen LogP contribution < -0.4 is 4.74 Å². The van der Waals surface area contributed by atoms with E-state index in [1.165, 1.54) is 12.5 Å². The number of hydrogen-bond donors (Lipinski definition) is 0. The Hall–Kier alpha value is -1.55. The Balaban J connectivity index is 2.05. The van der Waals surface area contributed by atoms with Crippen molar-refractivity contribution < 1.29 is 13.5 Å². The zero-order valence-electron chi connectivity index (χ0n) is 7.61. The minimum absolute atomic E-state index is 0.0872. The molecule has 2 rings (SSSR count). The first-order valence-electron chi connectivity index (χ1n) is 4.22. The fraction of sp³-hybridized carbons (Fsp3) is 0.100. The van der Waals surface area contributed by atoms with Crippen LogP contribution in [0.5, 0.6) is 5.88 Å². The minimum Gasteiger partial charge on any atom is -0.467 e. The Bertz CT molecular complexity index is 445. The van der Waals surface area contributed by atoms with Crippen LogP contribution in [-0.4, -0.2) is 4.98 Å². The number of furan rings is 1. The van der Waals surface area contributed by atoms with Crippen LogP contribution in [0.4, 0.5) is 4.39 Å². The average Bonchev–Trinajstić information content (AvgIpc) is 2.69. The highest BCUT2D eigenvalue weighted by Crippen LogP contribution is 2.18. The molecule has 0 radical (unpaired) electrons. The summed E-state index contributed by atoms with van der Waals surface area (Å²) in [5, 5.41) is 0.234. The normalized spacial score (nSPS) is 10.3. The molecule has 0 spiro atoms. The summed E-state index contributed by atoms with van der Waals surface area (Å²) in [5.41, 5.74) is 0. The van der Waals surface area contributed by atoms with Gasteiger partial charge in [-0.25, -0.2) is 9.37 Å². The van der Waals surface area contributed by atoms with E-state index in [0.717, 1.165) is 6.07 Å². The number of rotatable bonds is 3. The summed E-state index contributed by atoms with van der Waals surface area (Å²) in [6.07, 6.45) is 2.84. The molecule has 2 aromatic rings. The van der Waals surface area contributed by atoms with Crippen LogP contribution in [0.25, 0.3) is 0 Å². The summed E-state index contributed by atoms with van der Waals surface area (Å²) >= 11 is 5.54. The summed E-state index contributed by atoms with van der Waals surface area (Å²) in [4.78, 5) is 3.71. The van der Waals surface area contributed by atoms with Crippen molar-refractivity contribution in [3.63, 3.8) is 0 Å². The second kappa shape index (κ2) is 4.31. The molecule has 0 amide bonds. The number of nitrogens with zero attached hydrogens (tertiary/aromatic N) is 1. The van der Waals surface area contributed by atoms with Crippen LogP contribution in [0, 0.1) is 5.82 Å². The molecule has 5 heteroatoms. The van der Waals surface area contributed by atoms with Gasteiger partial charge in [0.15, 0.2) is 5.82 Å². The molecule has 2 aromatic heterocycles. The molecule has 0 saturated heterocycles.